The molecule has 25 heteroatoms. The maximum absolute atomic E-state index is 15.9. The minimum atomic E-state index is -3.14. The Hall–Kier alpha value is -6.43. The minimum Gasteiger partial charge on any atom is -0.518 e. The molecular formula is C32H6BF17N6O. The largest absolute Gasteiger partial charge is 0.633 e. The molecule has 0 spiro atoms. The van der Waals surface area contributed by atoms with Crippen LogP contribution in [0.3, 0.4) is 0 Å². The zero-order chi connectivity index (χ0) is 41.6. The van der Waals surface area contributed by atoms with E-state index < -0.39 is 179 Å². The molecule has 0 amide bonds. The molecule has 0 N–H and O–H groups in total. The zero-order valence-corrected chi connectivity index (χ0v) is 27.1. The zero-order valence-electron chi connectivity index (χ0n) is 27.1. The molecule has 2 aromatic heterocycles. The molecule has 0 saturated heterocycles. The summed E-state index contributed by atoms with van der Waals surface area (Å²) in [5, 5.41) is -6.52. The van der Waals surface area contributed by atoms with Crippen molar-refractivity contribution in [1.29, 1.82) is 0 Å². The predicted octanol–water partition coefficient (Wildman–Crippen LogP) is 7.84. The van der Waals surface area contributed by atoms with E-state index >= 15 is 35.1 Å². The van der Waals surface area contributed by atoms with Crippen molar-refractivity contribution in [2.75, 3.05) is 7.05 Å². The molecule has 0 aliphatic carbocycles. The van der Waals surface area contributed by atoms with Crippen molar-refractivity contribution in [3.05, 3.63) is 121 Å². The summed E-state index contributed by atoms with van der Waals surface area (Å²) < 4.78 is 263. The lowest BCUT2D eigenvalue weighted by atomic mass is 9.98. The average Bonchev–Trinajstić information content (AvgIpc) is 3.68. The Morgan fingerprint density at radius 1 is 0.421 bits per heavy atom. The van der Waals surface area contributed by atoms with E-state index in [2.05, 4.69) is 20.0 Å². The highest BCUT2D eigenvalue weighted by atomic mass is 19.2. The van der Waals surface area contributed by atoms with Crippen LogP contribution in [0, 0.1) is 98.9 Å². The molecule has 2 aliphatic heterocycles. The summed E-state index contributed by atoms with van der Waals surface area (Å²) in [6, 6.07) is 0. The standard InChI is InChI=1S/C32H6BF17N6O/c1-3-4-5(11(35)17(41)16(40)10(4)34)28(51-2)53-30-7-9(15(39)21(45)19(43)13(7)37)32-54-31-8-6(12(36)18(42)20(44)14(8)38)29(52-3)55(31)33(56(30)32)57-27-25(49)23(47)22(46)24(48)26(27)50/h1-2H3/b51-28-,52-3+,53-30-. The van der Waals surface area contributed by atoms with E-state index in [0.29, 0.717) is 14.0 Å². The second kappa shape index (κ2) is 12.3. The van der Waals surface area contributed by atoms with Gasteiger partial charge in [0, 0.05) is 12.6 Å². The predicted molar refractivity (Wildman–Crippen MR) is 160 cm³/mol. The number of benzene rings is 4. The van der Waals surface area contributed by atoms with Gasteiger partial charge in [-0.2, -0.15) is 8.78 Å². The van der Waals surface area contributed by atoms with E-state index in [1.807, 2.05) is 0 Å². The fraction of sp³-hybridized carbons (Fsp3) is 0.0625. The SMILES string of the molecule is C/N=C1\N=c2\c3c(F)c(F)c(F)c(F)c3c3n2B(Oc2c(F)c(F)c(F)c(F)c2F)n2c(c4c(F)c(F)c(F)c(F)c4c2/N=C(\C)c2c(F)c(F)c(F)c(F)c21)N=3. The molecule has 0 unspecified atom stereocenters. The molecule has 0 fully saturated rings. The second-order valence-electron chi connectivity index (χ2n) is 11.9. The van der Waals surface area contributed by atoms with E-state index in [1.165, 1.54) is 0 Å². The van der Waals surface area contributed by atoms with Crippen LogP contribution in [-0.4, -0.2) is 34.7 Å². The third-order valence-electron chi connectivity index (χ3n) is 8.94. The van der Waals surface area contributed by atoms with E-state index in [4.69, 9.17) is 4.65 Å². The first-order valence-corrected chi connectivity index (χ1v) is 15.1. The van der Waals surface area contributed by atoms with Gasteiger partial charge in [0.15, 0.2) is 81.4 Å². The van der Waals surface area contributed by atoms with Crippen molar-refractivity contribution in [2.24, 2.45) is 20.0 Å². The van der Waals surface area contributed by atoms with Crippen LogP contribution in [0.1, 0.15) is 18.1 Å². The van der Waals surface area contributed by atoms with Crippen molar-refractivity contribution in [2.45, 2.75) is 6.92 Å². The molecule has 0 atom stereocenters. The van der Waals surface area contributed by atoms with E-state index in [1.54, 1.807) is 0 Å². The van der Waals surface area contributed by atoms with Crippen molar-refractivity contribution in [3.63, 3.8) is 0 Å². The van der Waals surface area contributed by atoms with Gasteiger partial charge in [-0.05, 0) is 6.92 Å². The van der Waals surface area contributed by atoms with Crippen LogP contribution in [-0.2, 0) is 0 Å². The van der Waals surface area contributed by atoms with E-state index in [0.717, 1.165) is 0 Å². The van der Waals surface area contributed by atoms with Gasteiger partial charge < -0.3 is 4.65 Å². The summed E-state index contributed by atoms with van der Waals surface area (Å²) in [6.45, 7) is 0.609. The monoisotopic (exact) mass is 824 g/mol. The number of halogens is 17. The van der Waals surface area contributed by atoms with Gasteiger partial charge in [0.1, 0.15) is 22.6 Å². The first kappa shape index (κ1) is 37.5. The van der Waals surface area contributed by atoms with Crippen molar-refractivity contribution >= 4 is 51.9 Å². The van der Waals surface area contributed by atoms with E-state index in [9.17, 15) is 39.5 Å². The quantitative estimate of drug-likeness (QED) is 0.0761. The molecule has 4 heterocycles. The molecule has 0 saturated carbocycles. The first-order chi connectivity index (χ1) is 26.8. The Labute approximate surface area is 301 Å². The number of fused-ring (bicyclic) bond motifs is 7. The molecule has 57 heavy (non-hydrogen) atoms. The fourth-order valence-corrected chi connectivity index (χ4v) is 6.47. The van der Waals surface area contributed by atoms with Gasteiger partial charge in [-0.3, -0.25) is 13.9 Å². The number of hydrogen-bond acceptors (Lipinski definition) is 4. The smallest absolute Gasteiger partial charge is 0.518 e. The second-order valence-corrected chi connectivity index (χ2v) is 11.9. The Morgan fingerprint density at radius 2 is 0.789 bits per heavy atom. The topological polar surface area (TPSA) is 68.5 Å². The average molecular weight is 824 g/mol. The van der Waals surface area contributed by atoms with Gasteiger partial charge >= 0.3 is 7.19 Å². The van der Waals surface area contributed by atoms with Gasteiger partial charge in [-0.25, -0.2) is 80.8 Å². The Morgan fingerprint density at radius 3 is 1.26 bits per heavy atom. The van der Waals surface area contributed by atoms with Crippen molar-refractivity contribution in [1.82, 2.24) is 8.96 Å². The van der Waals surface area contributed by atoms with Crippen LogP contribution in [0.2, 0.25) is 0 Å². The Balaban J connectivity index is 1.74. The van der Waals surface area contributed by atoms with Crippen LogP contribution < -0.4 is 15.6 Å². The molecule has 4 aromatic carbocycles. The lowest BCUT2D eigenvalue weighted by Crippen LogP contribution is -2.52. The lowest BCUT2D eigenvalue weighted by Gasteiger charge is -2.23. The highest BCUT2D eigenvalue weighted by molar-refractivity contribution is 6.52. The number of aromatic nitrogens is 2. The Bertz CT molecular complexity index is 3090. The van der Waals surface area contributed by atoms with Crippen LogP contribution in [0.4, 0.5) is 86.3 Å². The van der Waals surface area contributed by atoms with Gasteiger partial charge in [0.2, 0.25) is 29.1 Å². The Kier molecular flexibility index (Phi) is 8.08. The molecule has 7 nitrogen and oxygen atoms in total. The van der Waals surface area contributed by atoms with Crippen LogP contribution in [0.15, 0.2) is 20.0 Å². The normalized spacial score (nSPS) is 15.8. The number of nitrogens with zero attached hydrogens (tertiary/aromatic N) is 6. The van der Waals surface area contributed by atoms with Crippen molar-refractivity contribution < 1.29 is 79.3 Å². The molecule has 8 rings (SSSR count). The fourth-order valence-electron chi connectivity index (χ4n) is 6.47. The summed E-state index contributed by atoms with van der Waals surface area (Å²) in [5.41, 5.74) is -7.34. The summed E-state index contributed by atoms with van der Waals surface area (Å²) in [6.07, 6.45) is 0. The van der Waals surface area contributed by atoms with Crippen molar-refractivity contribution in [3.8, 4) is 5.75 Å². The van der Waals surface area contributed by atoms with Crippen LogP contribution >= 0.6 is 0 Å². The summed E-state index contributed by atoms with van der Waals surface area (Å²) in [5.74, 6) is -50.8. The molecule has 292 valence electrons. The minimum absolute atomic E-state index is 0.0213. The lowest BCUT2D eigenvalue weighted by molar-refractivity contribution is 0.344. The van der Waals surface area contributed by atoms with Crippen LogP contribution in [0.25, 0.3) is 21.5 Å². The highest BCUT2D eigenvalue weighted by Gasteiger charge is 2.45. The maximum Gasteiger partial charge on any atom is 0.633 e. The number of rotatable bonds is 2. The van der Waals surface area contributed by atoms with Gasteiger partial charge in [0.25, 0.3) is 0 Å². The number of aliphatic imine (C=N–C) groups is 2. The van der Waals surface area contributed by atoms with Gasteiger partial charge in [0.05, 0.1) is 32.8 Å². The first-order valence-electron chi connectivity index (χ1n) is 15.1. The molecule has 2 bridgehead atoms. The summed E-state index contributed by atoms with van der Waals surface area (Å²) in [4.78, 5) is 14.6. The third kappa shape index (κ3) is 4.64. The number of hydrogen-bond donors (Lipinski definition) is 0. The highest BCUT2D eigenvalue weighted by Crippen LogP contribution is 2.45. The number of amidine groups is 1. The summed E-state index contributed by atoms with van der Waals surface area (Å²) in [7, 11) is -2.46. The molecule has 0 radical (unpaired) electrons. The van der Waals surface area contributed by atoms with E-state index in [-0.39, 0.29) is 8.96 Å². The van der Waals surface area contributed by atoms with Crippen LogP contribution in [0.5, 0.6) is 5.75 Å². The third-order valence-corrected chi connectivity index (χ3v) is 8.94. The van der Waals surface area contributed by atoms with Gasteiger partial charge in [-0.1, -0.05) is 0 Å². The molecule has 2 aliphatic rings. The molecular weight excluding hydrogens is 818 g/mol. The summed E-state index contributed by atoms with van der Waals surface area (Å²) >= 11 is 0. The molecule has 6 aromatic rings. The maximum atomic E-state index is 15.9. The van der Waals surface area contributed by atoms with Gasteiger partial charge in [-0.15, -0.1) is 0 Å².